The second-order valence-corrected chi connectivity index (χ2v) is 6.23. The van der Waals surface area contributed by atoms with Gasteiger partial charge in [0, 0.05) is 17.5 Å². The van der Waals surface area contributed by atoms with E-state index in [9.17, 15) is 5.11 Å². The van der Waals surface area contributed by atoms with Crippen LogP contribution in [0.3, 0.4) is 0 Å². The van der Waals surface area contributed by atoms with E-state index in [4.69, 9.17) is 5.73 Å². The molecule has 2 rings (SSSR count). The molecule has 0 bridgehead atoms. The Morgan fingerprint density at radius 2 is 1.94 bits per heavy atom. The number of nitrogens with two attached hydrogens (primary N) is 1. The van der Waals surface area contributed by atoms with E-state index in [1.54, 1.807) is 0 Å². The van der Waals surface area contributed by atoms with Crippen LogP contribution < -0.4 is 5.73 Å². The van der Waals surface area contributed by atoms with Crippen molar-refractivity contribution < 1.29 is 5.11 Å². The van der Waals surface area contributed by atoms with E-state index in [2.05, 4.69) is 28.9 Å². The van der Waals surface area contributed by atoms with Gasteiger partial charge in [0.05, 0.1) is 4.47 Å². The fraction of sp³-hybridized carbons (Fsp3) is 0.600. The Hall–Kier alpha value is -0.540. The number of aryl methyl sites for hydroxylation is 1. The van der Waals surface area contributed by atoms with Crippen LogP contribution in [0.1, 0.15) is 50.2 Å². The van der Waals surface area contributed by atoms with Crippen LogP contribution >= 0.6 is 15.9 Å². The quantitative estimate of drug-likeness (QED) is 0.890. The van der Waals surface area contributed by atoms with Gasteiger partial charge in [-0.2, -0.15) is 0 Å². The Kier molecular flexibility index (Phi) is 4.33. The molecule has 1 aliphatic rings. The molecule has 0 atom stereocenters. The van der Waals surface area contributed by atoms with Crippen LogP contribution in [0.2, 0.25) is 0 Å². The Labute approximate surface area is 118 Å². The van der Waals surface area contributed by atoms with Gasteiger partial charge in [0.1, 0.15) is 5.75 Å². The molecule has 1 aromatic rings. The van der Waals surface area contributed by atoms with Gasteiger partial charge < -0.3 is 10.8 Å². The van der Waals surface area contributed by atoms with Gasteiger partial charge in [-0.15, -0.1) is 0 Å². The topological polar surface area (TPSA) is 46.2 Å². The predicted molar refractivity (Wildman–Crippen MR) is 79.0 cm³/mol. The lowest BCUT2D eigenvalue weighted by atomic mass is 9.69. The molecule has 1 fully saturated rings. The number of rotatable bonds is 3. The number of phenolic OH excluding ortho intramolecular Hbond substituents is 1. The lowest BCUT2D eigenvalue weighted by Crippen LogP contribution is -2.37. The highest BCUT2D eigenvalue weighted by molar-refractivity contribution is 9.10. The summed E-state index contributed by atoms with van der Waals surface area (Å²) in [4.78, 5) is 0. The van der Waals surface area contributed by atoms with Crippen LogP contribution in [0, 0.1) is 0 Å². The van der Waals surface area contributed by atoms with Crippen molar-refractivity contribution in [1.82, 2.24) is 0 Å². The molecule has 1 aliphatic carbocycles. The number of aromatic hydroxyl groups is 1. The molecule has 0 heterocycles. The number of phenols is 1. The molecule has 0 radical (unpaired) electrons. The molecular formula is C15H22BrNO. The largest absolute Gasteiger partial charge is 0.506 e. The van der Waals surface area contributed by atoms with Gasteiger partial charge in [0.15, 0.2) is 0 Å². The minimum Gasteiger partial charge on any atom is -0.506 e. The molecular weight excluding hydrogens is 290 g/mol. The van der Waals surface area contributed by atoms with E-state index in [1.807, 2.05) is 6.07 Å². The first-order chi connectivity index (χ1) is 8.63. The summed E-state index contributed by atoms with van der Waals surface area (Å²) in [7, 11) is 0. The first-order valence-electron chi connectivity index (χ1n) is 6.85. The first kappa shape index (κ1) is 13.9. The maximum atomic E-state index is 10.4. The van der Waals surface area contributed by atoms with Crippen molar-refractivity contribution in [3.05, 3.63) is 27.7 Å². The molecule has 1 aromatic carbocycles. The summed E-state index contributed by atoms with van der Waals surface area (Å²) in [5.41, 5.74) is 8.35. The number of benzene rings is 1. The standard InChI is InChI=1S/C15H22BrNO/c1-2-11-8-12(14(18)13(16)9-11)15(10-17)6-4-3-5-7-15/h8-9,18H,2-7,10,17H2,1H3. The van der Waals surface area contributed by atoms with Gasteiger partial charge in [-0.1, -0.05) is 32.3 Å². The fourth-order valence-corrected chi connectivity index (χ4v) is 3.58. The summed E-state index contributed by atoms with van der Waals surface area (Å²) in [6.07, 6.45) is 6.88. The summed E-state index contributed by atoms with van der Waals surface area (Å²) < 4.78 is 0.801. The van der Waals surface area contributed by atoms with Crippen LogP contribution in [0.15, 0.2) is 16.6 Å². The molecule has 0 amide bonds. The third-order valence-corrected chi connectivity index (χ3v) is 4.91. The normalized spacial score (nSPS) is 18.8. The summed E-state index contributed by atoms with van der Waals surface area (Å²) in [5, 5.41) is 10.4. The van der Waals surface area contributed by atoms with Gasteiger partial charge in [0.2, 0.25) is 0 Å². The van der Waals surface area contributed by atoms with E-state index in [-0.39, 0.29) is 5.41 Å². The molecule has 0 saturated heterocycles. The minimum atomic E-state index is -0.0178. The van der Waals surface area contributed by atoms with E-state index >= 15 is 0 Å². The highest BCUT2D eigenvalue weighted by Gasteiger charge is 2.35. The molecule has 0 unspecified atom stereocenters. The van der Waals surface area contributed by atoms with Crippen LogP contribution in [-0.4, -0.2) is 11.7 Å². The van der Waals surface area contributed by atoms with Crippen LogP contribution in [0.4, 0.5) is 0 Å². The molecule has 2 nitrogen and oxygen atoms in total. The van der Waals surface area contributed by atoms with Gasteiger partial charge in [-0.25, -0.2) is 0 Å². The van der Waals surface area contributed by atoms with E-state index in [0.717, 1.165) is 29.3 Å². The maximum Gasteiger partial charge on any atom is 0.133 e. The Balaban J connectivity index is 2.50. The van der Waals surface area contributed by atoms with Crippen molar-refractivity contribution in [2.75, 3.05) is 6.54 Å². The molecule has 3 heteroatoms. The second kappa shape index (κ2) is 5.62. The second-order valence-electron chi connectivity index (χ2n) is 5.37. The third kappa shape index (κ3) is 2.43. The van der Waals surface area contributed by atoms with Gasteiger partial charge >= 0.3 is 0 Å². The van der Waals surface area contributed by atoms with Crippen molar-refractivity contribution in [2.24, 2.45) is 5.73 Å². The van der Waals surface area contributed by atoms with Gasteiger partial charge in [-0.05, 0) is 46.8 Å². The highest BCUT2D eigenvalue weighted by Crippen LogP contribution is 2.45. The predicted octanol–water partition coefficient (Wildman–Crippen LogP) is 3.88. The van der Waals surface area contributed by atoms with E-state index in [0.29, 0.717) is 12.3 Å². The molecule has 18 heavy (non-hydrogen) atoms. The SMILES string of the molecule is CCc1cc(Br)c(O)c(C2(CN)CCCCC2)c1. The maximum absolute atomic E-state index is 10.4. The van der Waals surface area contributed by atoms with Crippen molar-refractivity contribution in [3.63, 3.8) is 0 Å². The highest BCUT2D eigenvalue weighted by atomic mass is 79.9. The molecule has 1 saturated carbocycles. The zero-order chi connectivity index (χ0) is 13.2. The van der Waals surface area contributed by atoms with E-state index in [1.165, 1.54) is 24.8 Å². The lowest BCUT2D eigenvalue weighted by molar-refractivity contribution is 0.290. The number of hydrogen-bond acceptors (Lipinski definition) is 2. The zero-order valence-electron chi connectivity index (χ0n) is 11.0. The van der Waals surface area contributed by atoms with Crippen molar-refractivity contribution >= 4 is 15.9 Å². The number of hydrogen-bond donors (Lipinski definition) is 2. The van der Waals surface area contributed by atoms with Gasteiger partial charge in [-0.3, -0.25) is 0 Å². The average molecular weight is 312 g/mol. The molecule has 0 aromatic heterocycles. The summed E-state index contributed by atoms with van der Waals surface area (Å²) in [6.45, 7) is 2.76. The summed E-state index contributed by atoms with van der Waals surface area (Å²) in [5.74, 6) is 0.388. The number of halogens is 1. The van der Waals surface area contributed by atoms with Gasteiger partial charge in [0.25, 0.3) is 0 Å². The van der Waals surface area contributed by atoms with Crippen molar-refractivity contribution in [3.8, 4) is 5.75 Å². The minimum absolute atomic E-state index is 0.0178. The van der Waals surface area contributed by atoms with Crippen LogP contribution in [-0.2, 0) is 11.8 Å². The monoisotopic (exact) mass is 311 g/mol. The fourth-order valence-electron chi connectivity index (χ4n) is 3.08. The third-order valence-electron chi connectivity index (χ3n) is 4.30. The van der Waals surface area contributed by atoms with Crippen molar-refractivity contribution in [2.45, 2.75) is 50.9 Å². The molecule has 0 spiro atoms. The molecule has 0 aliphatic heterocycles. The Bertz CT molecular complexity index is 425. The van der Waals surface area contributed by atoms with Crippen LogP contribution in [0.25, 0.3) is 0 Å². The lowest BCUT2D eigenvalue weighted by Gasteiger charge is -2.37. The summed E-state index contributed by atoms with van der Waals surface area (Å²) >= 11 is 3.47. The smallest absolute Gasteiger partial charge is 0.133 e. The molecule has 100 valence electrons. The van der Waals surface area contributed by atoms with Crippen molar-refractivity contribution in [1.29, 1.82) is 0 Å². The Morgan fingerprint density at radius 1 is 1.28 bits per heavy atom. The van der Waals surface area contributed by atoms with Crippen LogP contribution in [0.5, 0.6) is 5.75 Å². The summed E-state index contributed by atoms with van der Waals surface area (Å²) in [6, 6.07) is 4.16. The Morgan fingerprint density at radius 3 is 2.50 bits per heavy atom. The zero-order valence-corrected chi connectivity index (χ0v) is 12.6. The average Bonchev–Trinajstić information content (AvgIpc) is 2.42. The molecule has 3 N–H and O–H groups in total. The first-order valence-corrected chi connectivity index (χ1v) is 7.64. The van der Waals surface area contributed by atoms with E-state index < -0.39 is 0 Å².